The summed E-state index contributed by atoms with van der Waals surface area (Å²) >= 11 is 0. The highest BCUT2D eigenvalue weighted by molar-refractivity contribution is 7.92. The van der Waals surface area contributed by atoms with Crippen molar-refractivity contribution in [2.45, 2.75) is 25.6 Å². The van der Waals surface area contributed by atoms with Crippen LogP contribution in [0.1, 0.15) is 22.6 Å². The predicted octanol–water partition coefficient (Wildman–Crippen LogP) is 5.46. The van der Waals surface area contributed by atoms with E-state index in [2.05, 4.69) is 19.2 Å². The van der Waals surface area contributed by atoms with Crippen LogP contribution in [0.2, 0.25) is 0 Å². The second-order valence-corrected chi connectivity index (χ2v) is 10.5. The Bertz CT molecular complexity index is 1560. The first-order chi connectivity index (χ1) is 19.4. The summed E-state index contributed by atoms with van der Waals surface area (Å²) in [5.41, 5.74) is 2.14. The molecule has 0 spiro atoms. The minimum Gasteiger partial charge on any atom is -0.619 e. The number of nitrogens with one attached hydrogen (secondary N) is 1. The van der Waals surface area contributed by atoms with Crippen LogP contribution in [-0.2, 0) is 16.4 Å². The summed E-state index contributed by atoms with van der Waals surface area (Å²) in [7, 11) is -3.43. The van der Waals surface area contributed by atoms with Gasteiger partial charge in [0.15, 0.2) is 23.9 Å². The van der Waals surface area contributed by atoms with Crippen LogP contribution in [0.4, 0.5) is 23.2 Å². The van der Waals surface area contributed by atoms with Gasteiger partial charge in [-0.3, -0.25) is 4.72 Å². The Morgan fingerprint density at radius 2 is 1.51 bits per heavy atom. The number of pyridine rings is 2. The van der Waals surface area contributed by atoms with E-state index in [4.69, 9.17) is 4.74 Å². The van der Waals surface area contributed by atoms with Crippen LogP contribution in [0.3, 0.4) is 0 Å². The number of aromatic nitrogens is 2. The maximum Gasteiger partial charge on any atom is 0.387 e. The lowest BCUT2D eigenvalue weighted by atomic mass is 9.87. The fourth-order valence-electron chi connectivity index (χ4n) is 3.95. The summed E-state index contributed by atoms with van der Waals surface area (Å²) in [6.45, 7) is -6.52. The van der Waals surface area contributed by atoms with Crippen LogP contribution in [0.5, 0.6) is 23.1 Å². The van der Waals surface area contributed by atoms with Gasteiger partial charge in [-0.05, 0) is 59.5 Å². The molecule has 2 aromatic heterocycles. The van der Waals surface area contributed by atoms with E-state index in [1.54, 1.807) is 36.4 Å². The summed E-state index contributed by atoms with van der Waals surface area (Å²) in [6, 6.07) is 16.4. The third-order valence-corrected chi connectivity index (χ3v) is 6.26. The molecule has 0 aliphatic carbocycles. The molecule has 0 aliphatic heterocycles. The van der Waals surface area contributed by atoms with Crippen molar-refractivity contribution >= 4 is 15.7 Å². The molecular weight excluding hydrogens is 570 g/mol. The molecule has 0 saturated carbocycles. The van der Waals surface area contributed by atoms with Gasteiger partial charge >= 0.3 is 13.2 Å². The van der Waals surface area contributed by atoms with Crippen LogP contribution in [0, 0.1) is 5.21 Å². The van der Waals surface area contributed by atoms with Gasteiger partial charge in [-0.15, -0.1) is 0 Å². The van der Waals surface area contributed by atoms with E-state index in [1.165, 1.54) is 42.9 Å². The monoisotopic (exact) mass is 593 g/mol. The zero-order valence-electron chi connectivity index (χ0n) is 21.3. The van der Waals surface area contributed by atoms with Crippen LogP contribution in [-0.4, -0.2) is 32.9 Å². The first kappa shape index (κ1) is 29.4. The number of alkyl halides is 4. The lowest BCUT2D eigenvalue weighted by Crippen LogP contribution is -2.24. The van der Waals surface area contributed by atoms with Crippen LogP contribution in [0.25, 0.3) is 0 Å². The quantitative estimate of drug-likeness (QED) is 0.132. The first-order valence-electron chi connectivity index (χ1n) is 11.9. The summed E-state index contributed by atoms with van der Waals surface area (Å²) in [4.78, 5) is 4.32. The van der Waals surface area contributed by atoms with E-state index in [0.717, 1.165) is 17.9 Å². The molecule has 0 saturated heterocycles. The third kappa shape index (κ3) is 8.70. The summed E-state index contributed by atoms with van der Waals surface area (Å²) in [5.74, 6) is -1.03. The number of ether oxygens (including phenoxy) is 3. The Kier molecular flexibility index (Phi) is 9.12. The topological polar surface area (TPSA) is 114 Å². The average molecular weight is 594 g/mol. The number of hydrogen-bond donors (Lipinski definition) is 1. The van der Waals surface area contributed by atoms with Gasteiger partial charge in [-0.1, -0.05) is 12.1 Å². The smallest absolute Gasteiger partial charge is 0.387 e. The van der Waals surface area contributed by atoms with E-state index in [0.29, 0.717) is 33.7 Å². The molecule has 1 unspecified atom stereocenters. The second-order valence-electron chi connectivity index (χ2n) is 8.72. The summed E-state index contributed by atoms with van der Waals surface area (Å²) in [6.07, 6.45) is 5.45. The molecular formula is C27H23F4N3O6S. The molecule has 0 aliphatic rings. The minimum absolute atomic E-state index is 0.214. The average Bonchev–Trinajstić information content (AvgIpc) is 2.90. The van der Waals surface area contributed by atoms with Crippen molar-refractivity contribution < 1.29 is 44.9 Å². The van der Waals surface area contributed by atoms with Gasteiger partial charge in [0.25, 0.3) is 0 Å². The molecule has 2 aromatic carbocycles. The van der Waals surface area contributed by atoms with Gasteiger partial charge in [-0.25, -0.2) is 13.4 Å². The fourth-order valence-corrected chi connectivity index (χ4v) is 4.51. The summed E-state index contributed by atoms with van der Waals surface area (Å²) in [5, 5.41) is 11.5. The van der Waals surface area contributed by atoms with Crippen molar-refractivity contribution in [1.82, 2.24) is 4.98 Å². The van der Waals surface area contributed by atoms with E-state index in [1.807, 2.05) is 0 Å². The molecule has 41 heavy (non-hydrogen) atoms. The van der Waals surface area contributed by atoms with Gasteiger partial charge in [0, 0.05) is 36.0 Å². The molecule has 4 rings (SSSR count). The van der Waals surface area contributed by atoms with E-state index in [9.17, 15) is 31.2 Å². The molecule has 0 bridgehead atoms. The van der Waals surface area contributed by atoms with Gasteiger partial charge < -0.3 is 19.4 Å². The van der Waals surface area contributed by atoms with E-state index < -0.39 is 40.7 Å². The highest BCUT2D eigenvalue weighted by atomic mass is 32.2. The van der Waals surface area contributed by atoms with Crippen LogP contribution in [0.15, 0.2) is 85.3 Å². The molecule has 14 heteroatoms. The number of nitrogens with zero attached hydrogens (tertiary/aromatic N) is 2. The maximum absolute atomic E-state index is 13.0. The van der Waals surface area contributed by atoms with Crippen molar-refractivity contribution in [1.29, 1.82) is 0 Å². The predicted molar refractivity (Wildman–Crippen MR) is 140 cm³/mol. The highest BCUT2D eigenvalue weighted by Crippen LogP contribution is 2.37. The number of halogens is 4. The normalized spacial score (nSPS) is 12.3. The molecule has 9 nitrogen and oxygen atoms in total. The van der Waals surface area contributed by atoms with Gasteiger partial charge in [0.2, 0.25) is 15.9 Å². The van der Waals surface area contributed by atoms with E-state index in [-0.39, 0.29) is 5.88 Å². The highest BCUT2D eigenvalue weighted by Gasteiger charge is 2.21. The number of benzene rings is 2. The van der Waals surface area contributed by atoms with Crippen molar-refractivity contribution in [2.24, 2.45) is 0 Å². The number of anilines is 1. The van der Waals surface area contributed by atoms with Crippen molar-refractivity contribution in [3.05, 3.63) is 107 Å². The van der Waals surface area contributed by atoms with E-state index >= 15 is 0 Å². The molecule has 2 heterocycles. The van der Waals surface area contributed by atoms with Crippen molar-refractivity contribution in [2.75, 3.05) is 11.0 Å². The molecule has 216 valence electrons. The standard InChI is InChI=1S/C27H23F4N3O6S/c1-41(36,37)33-20-4-6-21(7-5-20)38-25-9-3-19(16-32-25)22(14-17-10-12-34(35)13-11-17)18-2-8-23(39-26(28)29)24(15-18)40-27(30)31/h2-13,15-16,22,26-27,33H,14H2,1H3. The Balaban J connectivity index is 1.62. The van der Waals surface area contributed by atoms with Crippen LogP contribution >= 0.6 is 0 Å². The Morgan fingerprint density at radius 3 is 2.10 bits per heavy atom. The zero-order valence-corrected chi connectivity index (χ0v) is 22.1. The van der Waals surface area contributed by atoms with Gasteiger partial charge in [-0.2, -0.15) is 22.3 Å². The number of hydrogen-bond acceptors (Lipinski definition) is 7. The Labute approximate surface area is 232 Å². The maximum atomic E-state index is 13.0. The molecule has 0 fully saturated rings. The summed E-state index contributed by atoms with van der Waals surface area (Å²) < 4.78 is 92.0. The molecule has 0 amide bonds. The largest absolute Gasteiger partial charge is 0.619 e. The van der Waals surface area contributed by atoms with Gasteiger partial charge in [0.05, 0.1) is 6.26 Å². The number of sulfonamides is 1. The zero-order chi connectivity index (χ0) is 29.6. The molecule has 1 N–H and O–H groups in total. The molecule has 0 radical (unpaired) electrons. The minimum atomic E-state index is -3.43. The fraction of sp³-hybridized carbons (Fsp3) is 0.185. The lowest BCUT2D eigenvalue weighted by Gasteiger charge is -2.20. The lowest BCUT2D eigenvalue weighted by molar-refractivity contribution is -0.605. The SMILES string of the molecule is CS(=O)(=O)Nc1ccc(Oc2ccc(C(Cc3cc[n+]([O-])cc3)c3ccc(OC(F)F)c(OC(F)F)c3)cn2)cc1. The third-order valence-electron chi connectivity index (χ3n) is 5.65. The van der Waals surface area contributed by atoms with Crippen LogP contribution < -0.4 is 23.7 Å². The Morgan fingerprint density at radius 1 is 0.878 bits per heavy atom. The van der Waals surface area contributed by atoms with Gasteiger partial charge in [0.1, 0.15) is 5.75 Å². The second kappa shape index (κ2) is 12.7. The molecule has 4 aromatic rings. The van der Waals surface area contributed by atoms with Crippen molar-refractivity contribution in [3.8, 4) is 23.1 Å². The van der Waals surface area contributed by atoms with Crippen molar-refractivity contribution in [3.63, 3.8) is 0 Å². The number of rotatable bonds is 12. The first-order valence-corrected chi connectivity index (χ1v) is 13.8. The Hall–Kier alpha value is -4.59. The molecule has 1 atom stereocenters.